The van der Waals surface area contributed by atoms with Crippen LogP contribution in [0, 0.1) is 0 Å². The summed E-state index contributed by atoms with van der Waals surface area (Å²) >= 11 is 0. The average molecular weight is 739 g/mol. The van der Waals surface area contributed by atoms with Gasteiger partial charge in [0, 0.05) is 22.3 Å². The molecule has 0 unspecified atom stereocenters. The monoisotopic (exact) mass is 738 g/mol. The van der Waals surface area contributed by atoms with Crippen molar-refractivity contribution in [3.05, 3.63) is 132 Å². The number of nitrogens with one attached hydrogen (secondary N) is 2. The van der Waals surface area contributed by atoms with Crippen LogP contribution in [0.15, 0.2) is 109 Å². The molecule has 10 aromatic rings. The highest BCUT2D eigenvalue weighted by Crippen LogP contribution is 2.86. The van der Waals surface area contributed by atoms with Crippen LogP contribution in [0.3, 0.4) is 0 Å². The number of hydrogen-bond donors (Lipinski definition) is 6. The molecule has 4 heterocycles. The molecule has 14 heteroatoms. The fourth-order valence-corrected chi connectivity index (χ4v) is 9.75. The summed E-state index contributed by atoms with van der Waals surface area (Å²) in [4.78, 5) is 26.1. The van der Waals surface area contributed by atoms with Crippen molar-refractivity contribution in [2.24, 2.45) is 0 Å². The zero-order valence-corrected chi connectivity index (χ0v) is 28.8. The van der Waals surface area contributed by atoms with Crippen LogP contribution in [0.4, 0.5) is 0 Å². The van der Waals surface area contributed by atoms with Crippen LogP contribution < -0.4 is 0 Å². The summed E-state index contributed by atoms with van der Waals surface area (Å²) in [7, 11) is 0. The number of carboxylic acid groups (broad SMARTS) is 2. The van der Waals surface area contributed by atoms with E-state index in [9.17, 15) is 30.0 Å². The maximum absolute atomic E-state index is 13.0. The van der Waals surface area contributed by atoms with Gasteiger partial charge in [-0.1, -0.05) is 97.1 Å². The maximum Gasteiger partial charge on any atom is 0.354 e. The summed E-state index contributed by atoms with van der Waals surface area (Å²) in [6.07, 6.45) is -2.81. The molecule has 0 aliphatic heterocycles. The highest BCUT2D eigenvalue weighted by Gasteiger charge is 3.02. The fourth-order valence-electron chi connectivity index (χ4n) is 9.75. The molecular weight excluding hydrogens is 713 g/mol. The van der Waals surface area contributed by atoms with Crippen LogP contribution in [0.25, 0.3) is 77.2 Å². The molecule has 0 bridgehead atoms. The minimum Gasteiger partial charge on any atom is -0.477 e. The number of carboxylic acids is 2. The largest absolute Gasteiger partial charge is 0.477 e. The van der Waals surface area contributed by atoms with E-state index >= 15 is 0 Å². The molecule has 14 nitrogen and oxygen atoms in total. The number of H-pyrrole nitrogens is 2. The number of aliphatic hydroxyl groups excluding tert-OH is 2. The van der Waals surface area contributed by atoms with Crippen molar-refractivity contribution < 1.29 is 30.0 Å². The third kappa shape index (κ3) is 3.45. The molecule has 2 aliphatic rings. The van der Waals surface area contributed by atoms with Gasteiger partial charge in [0.2, 0.25) is 0 Å². The third-order valence-electron chi connectivity index (χ3n) is 12.2. The molecule has 56 heavy (non-hydrogen) atoms. The second-order valence-electron chi connectivity index (χ2n) is 14.6. The second kappa shape index (κ2) is 10.2. The molecule has 4 aromatic heterocycles. The normalized spacial score (nSPS) is 21.5. The Hall–Kier alpha value is -7.42. The first-order valence-electron chi connectivity index (χ1n) is 17.9. The number of nitrogens with zero attached hydrogens (tertiary/aromatic N) is 6. The van der Waals surface area contributed by atoms with Crippen LogP contribution >= 0.6 is 0 Å². The van der Waals surface area contributed by atoms with Crippen LogP contribution in [-0.2, 0) is 10.8 Å². The zero-order chi connectivity index (χ0) is 37.8. The van der Waals surface area contributed by atoms with Gasteiger partial charge in [-0.3, -0.25) is 10.2 Å². The van der Waals surface area contributed by atoms with Gasteiger partial charge in [-0.05, 0) is 55.2 Å². The number of fused-ring (bicyclic) bond motifs is 7. The Morgan fingerprint density at radius 2 is 0.839 bits per heavy atom. The zero-order valence-electron chi connectivity index (χ0n) is 28.8. The van der Waals surface area contributed by atoms with Crippen LogP contribution in [0.5, 0.6) is 0 Å². The highest BCUT2D eigenvalue weighted by atomic mass is 16.4. The first kappa shape index (κ1) is 31.0. The predicted octanol–water partition coefficient (Wildman–Crippen LogP) is 5.70. The van der Waals surface area contributed by atoms with E-state index in [-0.39, 0.29) is 33.8 Å². The fraction of sp³-hybridized carbons (Fsp3) is 0.0952. The minimum absolute atomic E-state index is 0.0174. The quantitative estimate of drug-likeness (QED) is 0.115. The van der Waals surface area contributed by atoms with Gasteiger partial charge in [-0.2, -0.15) is 0 Å². The Labute approximate surface area is 312 Å². The van der Waals surface area contributed by atoms with E-state index < -0.39 is 35.0 Å². The molecule has 0 spiro atoms. The third-order valence-corrected chi connectivity index (χ3v) is 12.2. The molecular formula is C42H26N8O6. The van der Waals surface area contributed by atoms with Gasteiger partial charge < -0.3 is 20.4 Å². The van der Waals surface area contributed by atoms with Crippen molar-refractivity contribution in [3.8, 4) is 22.8 Å². The van der Waals surface area contributed by atoms with E-state index in [0.29, 0.717) is 22.8 Å². The summed E-state index contributed by atoms with van der Waals surface area (Å²) in [6, 6.07) is 35.3. The number of aromatic amines is 2. The van der Waals surface area contributed by atoms with Gasteiger partial charge in [-0.15, -0.1) is 20.4 Å². The lowest BCUT2D eigenvalue weighted by Crippen LogP contribution is -2.28. The van der Waals surface area contributed by atoms with Crippen LogP contribution in [0.1, 0.15) is 32.1 Å². The van der Waals surface area contributed by atoms with Crippen molar-refractivity contribution in [1.29, 1.82) is 0 Å². The van der Waals surface area contributed by atoms with Gasteiger partial charge in [0.05, 0.1) is 23.0 Å². The van der Waals surface area contributed by atoms with Crippen molar-refractivity contribution in [2.75, 3.05) is 0 Å². The lowest BCUT2D eigenvalue weighted by atomic mass is 9.96. The van der Waals surface area contributed by atoms with E-state index in [1.165, 1.54) is 9.03 Å². The van der Waals surface area contributed by atoms with Gasteiger partial charge >= 0.3 is 11.9 Å². The van der Waals surface area contributed by atoms with Crippen molar-refractivity contribution in [2.45, 2.75) is 23.0 Å². The van der Waals surface area contributed by atoms with Crippen molar-refractivity contribution in [3.63, 3.8) is 0 Å². The van der Waals surface area contributed by atoms with Crippen LogP contribution in [-0.4, -0.2) is 84.2 Å². The van der Waals surface area contributed by atoms with Crippen LogP contribution in [0.2, 0.25) is 0 Å². The van der Waals surface area contributed by atoms with Gasteiger partial charge in [-0.25, -0.2) is 18.6 Å². The molecule has 0 atom stereocenters. The highest BCUT2D eigenvalue weighted by molar-refractivity contribution is 6.13. The van der Waals surface area contributed by atoms with Gasteiger partial charge in [0.25, 0.3) is 0 Å². The maximum atomic E-state index is 13.0. The van der Waals surface area contributed by atoms with Gasteiger partial charge in [0.15, 0.2) is 22.9 Å². The number of carbonyl (C=O) groups is 2. The van der Waals surface area contributed by atoms with Gasteiger partial charge in [0.1, 0.15) is 11.4 Å². The number of benzene rings is 6. The first-order chi connectivity index (χ1) is 27.3. The molecule has 2 aliphatic carbocycles. The van der Waals surface area contributed by atoms with Crippen molar-refractivity contribution >= 4 is 66.3 Å². The minimum atomic E-state index is -1.65. The summed E-state index contributed by atoms with van der Waals surface area (Å²) in [5.74, 6) is -2.06. The number of aromatic carboxylic acids is 2. The molecule has 6 N–H and O–H groups in total. The summed E-state index contributed by atoms with van der Waals surface area (Å²) < 4.78 is 2.93. The topological polar surface area (TPSA) is 207 Å². The van der Waals surface area contributed by atoms with Crippen molar-refractivity contribution in [1.82, 2.24) is 39.6 Å². The smallest absolute Gasteiger partial charge is 0.354 e. The van der Waals surface area contributed by atoms with E-state index in [0.717, 1.165) is 43.1 Å². The molecule has 0 radical (unpaired) electrons. The Kier molecular flexibility index (Phi) is 5.65. The Morgan fingerprint density at radius 1 is 0.518 bits per heavy atom. The number of rotatable bonds is 6. The SMILES string of the molecule is O=C(O)c1[nH]n2c(-c3c4ccccc4cc4ccccc34)nnc2c1C12C(O)C1(c1c(C(=O)O)[nH]n3c(-c4c5ccccc5cc5ccccc45)nnc13)C2O. The molecule has 0 amide bonds. The number of aliphatic hydroxyl groups is 2. The van der Waals surface area contributed by atoms with E-state index in [1.54, 1.807) is 0 Å². The predicted molar refractivity (Wildman–Crippen MR) is 205 cm³/mol. The molecule has 12 rings (SSSR count). The molecule has 0 saturated heterocycles. The average Bonchev–Trinajstić information content (AvgIpc) is 3.59. The second-order valence-corrected chi connectivity index (χ2v) is 14.6. The lowest BCUT2D eigenvalue weighted by molar-refractivity contribution is 0.0677. The lowest BCUT2D eigenvalue weighted by Gasteiger charge is -2.13. The number of aromatic nitrogens is 8. The van der Waals surface area contributed by atoms with E-state index in [2.05, 4.69) is 42.7 Å². The Morgan fingerprint density at radius 3 is 1.16 bits per heavy atom. The summed E-state index contributed by atoms with van der Waals surface area (Å²) in [6.45, 7) is 0. The standard InChI is InChI=1S/C42H26N8O6/c51-37(52)31-29(35-45-43-33(49(35)47-31)27-23-13-5-1-9-19(23)17-20-10-2-6-14-24(20)27)41-39(55)42(41,40(41)56)30-32(38(53)54)48-50-34(44-46-36(30)50)28-25-15-7-3-11-21(25)18-22-12-4-8-16-26(22)28/h1-18,39-40,47-48,55-56H,(H,51,52)(H,53,54). The molecule has 270 valence electrons. The Bertz CT molecular complexity index is 3070. The molecule has 2 saturated carbocycles. The first-order valence-corrected chi connectivity index (χ1v) is 17.9. The Balaban J connectivity index is 1.09. The number of hydrogen-bond acceptors (Lipinski definition) is 8. The molecule has 6 aromatic carbocycles. The van der Waals surface area contributed by atoms with E-state index in [4.69, 9.17) is 0 Å². The summed E-state index contributed by atoms with van der Waals surface area (Å²) in [5.41, 5.74) is -2.31. The van der Waals surface area contributed by atoms with E-state index in [1.807, 2.05) is 97.1 Å². The summed E-state index contributed by atoms with van der Waals surface area (Å²) in [5, 5.41) is 76.4. The molecule has 2 fully saturated rings.